The average Bonchev–Trinajstić information content (AvgIpc) is 2.80. The van der Waals surface area contributed by atoms with E-state index in [1.165, 1.54) is 30.0 Å². The van der Waals surface area contributed by atoms with E-state index in [2.05, 4.69) is 5.10 Å². The van der Waals surface area contributed by atoms with E-state index < -0.39 is 23.9 Å². The Morgan fingerprint density at radius 3 is 2.30 bits per heavy atom. The maximum atomic E-state index is 14.4. The number of rotatable bonds is 5. The van der Waals surface area contributed by atoms with Crippen LogP contribution in [0.15, 0.2) is 47.3 Å². The van der Waals surface area contributed by atoms with Crippen LogP contribution in [0.5, 0.6) is 0 Å². The van der Waals surface area contributed by atoms with Crippen molar-refractivity contribution in [3.63, 3.8) is 0 Å². The normalized spacial score (nSPS) is 13.9. The van der Waals surface area contributed by atoms with Crippen LogP contribution in [0.4, 0.5) is 10.1 Å². The summed E-state index contributed by atoms with van der Waals surface area (Å²) in [5.41, 5.74) is -0.202. The highest BCUT2D eigenvalue weighted by molar-refractivity contribution is 6.01. The van der Waals surface area contributed by atoms with Crippen LogP contribution in [0.1, 0.15) is 27.8 Å². The van der Waals surface area contributed by atoms with Crippen molar-refractivity contribution in [2.24, 2.45) is 0 Å². The van der Waals surface area contributed by atoms with Gasteiger partial charge in [0.25, 0.3) is 5.56 Å². The molecule has 1 aliphatic heterocycles. The van der Waals surface area contributed by atoms with E-state index in [0.29, 0.717) is 37.4 Å². The first-order chi connectivity index (χ1) is 15.8. The van der Waals surface area contributed by atoms with Crippen molar-refractivity contribution in [2.45, 2.75) is 13.5 Å². The maximum absolute atomic E-state index is 14.4. The summed E-state index contributed by atoms with van der Waals surface area (Å²) in [4.78, 5) is 51.9. The fraction of sp³-hybridized carbons (Fsp3) is 0.261. The molecule has 0 unspecified atom stereocenters. The summed E-state index contributed by atoms with van der Waals surface area (Å²) in [6, 6.07) is 10.5. The Hall–Kier alpha value is -4.08. The van der Waals surface area contributed by atoms with Gasteiger partial charge in [0.2, 0.25) is 5.91 Å². The summed E-state index contributed by atoms with van der Waals surface area (Å²) in [6.45, 7) is 2.28. The zero-order valence-electron chi connectivity index (χ0n) is 17.8. The number of aromatic nitrogens is 2. The Morgan fingerprint density at radius 1 is 1.03 bits per heavy atom. The second-order valence-electron chi connectivity index (χ2n) is 7.75. The topological polar surface area (TPSA) is 113 Å². The first-order valence-electron chi connectivity index (χ1n) is 10.3. The van der Waals surface area contributed by atoms with E-state index >= 15 is 0 Å². The highest BCUT2D eigenvalue weighted by Crippen LogP contribution is 2.22. The lowest BCUT2D eigenvalue weighted by Crippen LogP contribution is -2.50. The summed E-state index contributed by atoms with van der Waals surface area (Å²) in [6.07, 6.45) is 0. The largest absolute Gasteiger partial charge is 0.476 e. The summed E-state index contributed by atoms with van der Waals surface area (Å²) in [5.74, 6) is -2.41. The number of hydrogen-bond donors (Lipinski definition) is 1. The molecule has 0 bridgehead atoms. The molecule has 1 amide bonds. The van der Waals surface area contributed by atoms with Gasteiger partial charge >= 0.3 is 5.97 Å². The van der Waals surface area contributed by atoms with E-state index in [-0.39, 0.29) is 28.2 Å². The lowest BCUT2D eigenvalue weighted by Gasteiger charge is -2.36. The smallest absolute Gasteiger partial charge is 0.357 e. The number of carboxylic acid groups (broad SMARTS) is 1. The monoisotopic (exact) mass is 452 g/mol. The molecule has 4 rings (SSSR count). The van der Waals surface area contributed by atoms with Crippen LogP contribution in [0.25, 0.3) is 10.8 Å². The van der Waals surface area contributed by atoms with Gasteiger partial charge in [-0.25, -0.2) is 13.9 Å². The number of carboxylic acids is 1. The van der Waals surface area contributed by atoms with Crippen molar-refractivity contribution in [1.29, 1.82) is 0 Å². The minimum absolute atomic E-state index is 0.173. The van der Waals surface area contributed by atoms with Gasteiger partial charge in [0.05, 0.1) is 11.1 Å². The van der Waals surface area contributed by atoms with Crippen LogP contribution in [0.2, 0.25) is 0 Å². The number of fused-ring (bicyclic) bond motifs is 1. The van der Waals surface area contributed by atoms with E-state index in [1.54, 1.807) is 29.2 Å². The van der Waals surface area contributed by atoms with Gasteiger partial charge in [-0.2, -0.15) is 5.10 Å². The van der Waals surface area contributed by atoms with Gasteiger partial charge in [0, 0.05) is 37.1 Å². The number of carbonyl (C=O) groups is 3. The molecule has 1 aliphatic rings. The van der Waals surface area contributed by atoms with Crippen molar-refractivity contribution >= 4 is 34.1 Å². The predicted octanol–water partition coefficient (Wildman–Crippen LogP) is 1.79. The third kappa shape index (κ3) is 4.32. The lowest BCUT2D eigenvalue weighted by molar-refractivity contribution is -0.132. The number of Topliss-reactive ketones (excluding diaryl/α,β-unsaturated/α-hetero) is 1. The number of anilines is 1. The molecule has 9 nitrogen and oxygen atoms in total. The third-order valence-electron chi connectivity index (χ3n) is 5.68. The van der Waals surface area contributed by atoms with Gasteiger partial charge in [-0.05, 0) is 31.2 Å². The molecule has 0 radical (unpaired) electrons. The Kier molecular flexibility index (Phi) is 5.91. The van der Waals surface area contributed by atoms with Gasteiger partial charge in [-0.15, -0.1) is 0 Å². The molecule has 2 heterocycles. The zero-order chi connectivity index (χ0) is 23.7. The highest BCUT2D eigenvalue weighted by atomic mass is 19.1. The zero-order valence-corrected chi connectivity index (χ0v) is 17.8. The molecule has 3 aromatic rings. The van der Waals surface area contributed by atoms with Crippen LogP contribution >= 0.6 is 0 Å². The second-order valence-corrected chi connectivity index (χ2v) is 7.75. The molecule has 0 spiro atoms. The highest BCUT2D eigenvalue weighted by Gasteiger charge is 2.25. The Bertz CT molecular complexity index is 1330. The van der Waals surface area contributed by atoms with E-state index in [1.807, 2.05) is 0 Å². The van der Waals surface area contributed by atoms with Crippen molar-refractivity contribution in [3.8, 4) is 0 Å². The summed E-state index contributed by atoms with van der Waals surface area (Å²) >= 11 is 0. The van der Waals surface area contributed by atoms with Crippen LogP contribution < -0.4 is 10.5 Å². The summed E-state index contributed by atoms with van der Waals surface area (Å²) in [7, 11) is 0. The molecule has 10 heteroatoms. The molecular formula is C23H21FN4O5. The van der Waals surface area contributed by atoms with Crippen molar-refractivity contribution in [2.75, 3.05) is 31.1 Å². The fourth-order valence-corrected chi connectivity index (χ4v) is 3.91. The molecule has 0 atom stereocenters. The van der Waals surface area contributed by atoms with Crippen LogP contribution in [-0.4, -0.2) is 63.6 Å². The van der Waals surface area contributed by atoms with E-state index in [9.17, 15) is 28.7 Å². The fourth-order valence-electron chi connectivity index (χ4n) is 3.91. The summed E-state index contributed by atoms with van der Waals surface area (Å²) < 4.78 is 15.3. The van der Waals surface area contributed by atoms with Crippen molar-refractivity contribution < 1.29 is 23.9 Å². The first-order valence-corrected chi connectivity index (χ1v) is 10.3. The third-order valence-corrected chi connectivity index (χ3v) is 5.68. The number of ketones is 1. The first kappa shape index (κ1) is 22.1. The SMILES string of the molecule is CC(=O)c1ccc(N2CCN(C(=O)Cn3nc(C(=O)O)c4ccccc4c3=O)CC2)c(F)c1. The molecule has 1 aromatic heterocycles. The van der Waals surface area contributed by atoms with Crippen LogP contribution in [-0.2, 0) is 11.3 Å². The van der Waals surface area contributed by atoms with Gasteiger partial charge in [-0.3, -0.25) is 14.4 Å². The number of piperazine rings is 1. The van der Waals surface area contributed by atoms with Crippen LogP contribution in [0, 0.1) is 5.82 Å². The van der Waals surface area contributed by atoms with Crippen LogP contribution in [0.3, 0.4) is 0 Å². The molecule has 2 aromatic carbocycles. The molecule has 33 heavy (non-hydrogen) atoms. The molecule has 0 saturated carbocycles. The Balaban J connectivity index is 1.49. The van der Waals surface area contributed by atoms with Gasteiger partial charge < -0.3 is 14.9 Å². The van der Waals surface area contributed by atoms with Gasteiger partial charge in [0.1, 0.15) is 12.4 Å². The number of amides is 1. The Morgan fingerprint density at radius 2 is 1.70 bits per heavy atom. The number of carbonyl (C=O) groups excluding carboxylic acids is 2. The van der Waals surface area contributed by atoms with E-state index in [4.69, 9.17) is 0 Å². The van der Waals surface area contributed by atoms with Crippen molar-refractivity contribution in [1.82, 2.24) is 14.7 Å². The number of nitrogens with zero attached hydrogens (tertiary/aromatic N) is 4. The average molecular weight is 452 g/mol. The van der Waals surface area contributed by atoms with E-state index in [0.717, 1.165) is 4.68 Å². The summed E-state index contributed by atoms with van der Waals surface area (Å²) in [5, 5.41) is 13.7. The molecule has 0 aliphatic carbocycles. The molecular weight excluding hydrogens is 431 g/mol. The molecule has 1 saturated heterocycles. The van der Waals surface area contributed by atoms with Crippen molar-refractivity contribution in [3.05, 3.63) is 69.9 Å². The maximum Gasteiger partial charge on any atom is 0.357 e. The minimum Gasteiger partial charge on any atom is -0.476 e. The van der Waals surface area contributed by atoms with Gasteiger partial charge in [-0.1, -0.05) is 18.2 Å². The lowest BCUT2D eigenvalue weighted by atomic mass is 10.1. The standard InChI is InChI=1S/C23H21FN4O5/c1-14(29)15-6-7-19(18(24)12-15)26-8-10-27(11-9-26)20(30)13-28-22(31)17-5-3-2-4-16(17)21(25-28)23(32)33/h2-7,12H,8-11,13H2,1H3,(H,32,33). The molecule has 1 fully saturated rings. The Labute approximate surface area is 187 Å². The predicted molar refractivity (Wildman–Crippen MR) is 118 cm³/mol. The molecule has 1 N–H and O–H groups in total. The number of hydrogen-bond acceptors (Lipinski definition) is 6. The second kappa shape index (κ2) is 8.81. The number of benzene rings is 2. The number of halogens is 1. The minimum atomic E-state index is -1.29. The quantitative estimate of drug-likeness (QED) is 0.587. The van der Waals surface area contributed by atoms with Gasteiger partial charge in [0.15, 0.2) is 11.5 Å². The number of aromatic carboxylic acids is 1. The molecule has 170 valence electrons.